The summed E-state index contributed by atoms with van der Waals surface area (Å²) in [4.78, 5) is 9.94. The molecule has 1 amide bonds. The number of nitrogens with one attached hydrogen (secondary N) is 1. The van der Waals surface area contributed by atoms with Crippen molar-refractivity contribution in [2.75, 3.05) is 5.32 Å². The lowest BCUT2D eigenvalue weighted by Crippen LogP contribution is -1.92. The molecular formula is C7H6ClNO2. The van der Waals surface area contributed by atoms with E-state index < -0.39 is 0 Å². The Balaban J connectivity index is 2.95. The van der Waals surface area contributed by atoms with Crippen LogP contribution in [0.4, 0.5) is 5.69 Å². The Morgan fingerprint density at radius 1 is 1.55 bits per heavy atom. The molecule has 0 aromatic heterocycles. The molecule has 4 heteroatoms. The normalized spacial score (nSPS) is 9.18. The summed E-state index contributed by atoms with van der Waals surface area (Å²) in [7, 11) is 0. The topological polar surface area (TPSA) is 49.3 Å². The van der Waals surface area contributed by atoms with Crippen molar-refractivity contribution in [3.05, 3.63) is 23.2 Å². The zero-order chi connectivity index (χ0) is 8.27. The summed E-state index contributed by atoms with van der Waals surface area (Å²) in [5.74, 6) is -0.0430. The quantitative estimate of drug-likeness (QED) is 0.665. The molecule has 0 spiro atoms. The molecule has 58 valence electrons. The first-order chi connectivity index (χ1) is 5.24. The average Bonchev–Trinajstić information content (AvgIpc) is 1.98. The number of phenols is 1. The van der Waals surface area contributed by atoms with Crippen LogP contribution in [-0.2, 0) is 4.79 Å². The van der Waals surface area contributed by atoms with Crippen LogP contribution in [0.5, 0.6) is 5.75 Å². The monoisotopic (exact) mass is 171 g/mol. The maximum atomic E-state index is 9.94. The lowest BCUT2D eigenvalue weighted by atomic mass is 10.3. The van der Waals surface area contributed by atoms with Crippen molar-refractivity contribution in [3.63, 3.8) is 0 Å². The van der Waals surface area contributed by atoms with Crippen LogP contribution in [0, 0.1) is 0 Å². The van der Waals surface area contributed by atoms with Crippen molar-refractivity contribution in [1.82, 2.24) is 0 Å². The molecule has 1 aromatic rings. The van der Waals surface area contributed by atoms with Gasteiger partial charge in [-0.3, -0.25) is 4.79 Å². The third kappa shape index (κ3) is 1.85. The van der Waals surface area contributed by atoms with Gasteiger partial charge < -0.3 is 10.4 Å². The molecule has 2 N–H and O–H groups in total. The Kier molecular flexibility index (Phi) is 2.33. The largest absolute Gasteiger partial charge is 0.506 e. The van der Waals surface area contributed by atoms with Crippen molar-refractivity contribution in [2.45, 2.75) is 0 Å². The molecule has 0 radical (unpaired) electrons. The molecule has 1 aromatic carbocycles. The van der Waals surface area contributed by atoms with Gasteiger partial charge in [0.2, 0.25) is 6.41 Å². The summed E-state index contributed by atoms with van der Waals surface area (Å²) in [6.07, 6.45) is 0.530. The summed E-state index contributed by atoms with van der Waals surface area (Å²) in [6, 6.07) is 4.47. The van der Waals surface area contributed by atoms with Crippen molar-refractivity contribution < 1.29 is 9.90 Å². The summed E-state index contributed by atoms with van der Waals surface area (Å²) < 4.78 is 0. The summed E-state index contributed by atoms with van der Waals surface area (Å²) in [5.41, 5.74) is 0.516. The predicted octanol–water partition coefficient (Wildman–Crippen LogP) is 1.61. The molecule has 0 heterocycles. The maximum Gasteiger partial charge on any atom is 0.211 e. The van der Waals surface area contributed by atoms with E-state index in [0.717, 1.165) is 0 Å². The highest BCUT2D eigenvalue weighted by Crippen LogP contribution is 2.25. The number of anilines is 1. The molecule has 0 bridgehead atoms. The number of aromatic hydroxyl groups is 1. The number of amides is 1. The van der Waals surface area contributed by atoms with Crippen LogP contribution < -0.4 is 5.32 Å². The number of phenolic OH excluding ortho intramolecular Hbond substituents is 1. The van der Waals surface area contributed by atoms with E-state index >= 15 is 0 Å². The van der Waals surface area contributed by atoms with E-state index in [1.54, 1.807) is 6.07 Å². The van der Waals surface area contributed by atoms with Crippen molar-refractivity contribution >= 4 is 23.7 Å². The van der Waals surface area contributed by atoms with Crippen molar-refractivity contribution in [3.8, 4) is 5.75 Å². The number of rotatable bonds is 2. The standard InChI is InChI=1S/C7H6ClNO2/c8-6-2-1-5(9-4-10)3-7(6)11/h1-4,11H,(H,9,10). The minimum Gasteiger partial charge on any atom is -0.506 e. The fourth-order valence-corrected chi connectivity index (χ4v) is 0.788. The fourth-order valence-electron chi connectivity index (χ4n) is 0.670. The number of hydrogen-bond acceptors (Lipinski definition) is 2. The van der Waals surface area contributed by atoms with Gasteiger partial charge in [-0.15, -0.1) is 0 Å². The number of carbonyl (C=O) groups excluding carboxylic acids is 1. The smallest absolute Gasteiger partial charge is 0.211 e. The molecule has 0 atom stereocenters. The van der Waals surface area contributed by atoms with Crippen LogP contribution in [0.15, 0.2) is 18.2 Å². The first kappa shape index (κ1) is 7.88. The van der Waals surface area contributed by atoms with Gasteiger partial charge >= 0.3 is 0 Å². The molecule has 0 saturated carbocycles. The van der Waals surface area contributed by atoms with Crippen LogP contribution in [0.1, 0.15) is 0 Å². The second kappa shape index (κ2) is 3.25. The average molecular weight is 172 g/mol. The Bertz CT molecular complexity index is 275. The fraction of sp³-hybridized carbons (Fsp3) is 0. The number of carbonyl (C=O) groups is 1. The first-order valence-electron chi connectivity index (χ1n) is 2.93. The highest BCUT2D eigenvalue weighted by atomic mass is 35.5. The number of benzene rings is 1. The Hall–Kier alpha value is -1.22. The number of halogens is 1. The summed E-state index contributed by atoms with van der Waals surface area (Å²) in [5, 5.41) is 11.7. The van der Waals surface area contributed by atoms with E-state index in [1.807, 2.05) is 0 Å². The van der Waals surface area contributed by atoms with Gasteiger partial charge in [-0.25, -0.2) is 0 Å². The van der Waals surface area contributed by atoms with Crippen LogP contribution in [-0.4, -0.2) is 11.5 Å². The van der Waals surface area contributed by atoms with Gasteiger partial charge in [0.25, 0.3) is 0 Å². The SMILES string of the molecule is O=CNc1ccc(Cl)c(O)c1. The van der Waals surface area contributed by atoms with Crippen molar-refractivity contribution in [1.29, 1.82) is 0 Å². The van der Waals surface area contributed by atoms with Gasteiger partial charge in [0, 0.05) is 11.8 Å². The van der Waals surface area contributed by atoms with Crippen LogP contribution >= 0.6 is 11.6 Å². The van der Waals surface area contributed by atoms with Gasteiger partial charge in [0.05, 0.1) is 5.02 Å². The minimum absolute atomic E-state index is 0.0430. The van der Waals surface area contributed by atoms with Crippen LogP contribution in [0.3, 0.4) is 0 Å². The van der Waals surface area contributed by atoms with E-state index in [1.165, 1.54) is 12.1 Å². The minimum atomic E-state index is -0.0430. The van der Waals surface area contributed by atoms with E-state index in [-0.39, 0.29) is 10.8 Å². The molecule has 0 fully saturated rings. The van der Waals surface area contributed by atoms with Crippen LogP contribution in [0.25, 0.3) is 0 Å². The molecular weight excluding hydrogens is 166 g/mol. The van der Waals surface area contributed by atoms with Crippen molar-refractivity contribution in [2.24, 2.45) is 0 Å². The van der Waals surface area contributed by atoms with E-state index in [9.17, 15) is 4.79 Å². The van der Waals surface area contributed by atoms with E-state index in [0.29, 0.717) is 12.1 Å². The third-order valence-electron chi connectivity index (χ3n) is 1.17. The molecule has 11 heavy (non-hydrogen) atoms. The number of hydrogen-bond donors (Lipinski definition) is 2. The molecule has 0 saturated heterocycles. The molecule has 0 aliphatic carbocycles. The summed E-state index contributed by atoms with van der Waals surface area (Å²) in [6.45, 7) is 0. The second-order valence-corrected chi connectivity index (χ2v) is 2.34. The first-order valence-corrected chi connectivity index (χ1v) is 3.30. The highest BCUT2D eigenvalue weighted by molar-refractivity contribution is 6.32. The van der Waals surface area contributed by atoms with Gasteiger partial charge in [-0.05, 0) is 12.1 Å². The molecule has 1 rings (SSSR count). The van der Waals surface area contributed by atoms with Gasteiger partial charge in [-0.2, -0.15) is 0 Å². The van der Waals surface area contributed by atoms with E-state index in [4.69, 9.17) is 16.7 Å². The Morgan fingerprint density at radius 3 is 2.82 bits per heavy atom. The second-order valence-electron chi connectivity index (χ2n) is 1.93. The predicted molar refractivity (Wildman–Crippen MR) is 42.8 cm³/mol. The van der Waals surface area contributed by atoms with Gasteiger partial charge in [-0.1, -0.05) is 11.6 Å². The molecule has 0 aliphatic heterocycles. The van der Waals surface area contributed by atoms with Gasteiger partial charge in [0.15, 0.2) is 0 Å². The van der Waals surface area contributed by atoms with Gasteiger partial charge in [0.1, 0.15) is 5.75 Å². The van der Waals surface area contributed by atoms with Crippen LogP contribution in [0.2, 0.25) is 5.02 Å². The molecule has 0 unspecified atom stereocenters. The third-order valence-corrected chi connectivity index (χ3v) is 1.49. The zero-order valence-electron chi connectivity index (χ0n) is 5.54. The van der Waals surface area contributed by atoms with E-state index in [2.05, 4.69) is 5.32 Å². The Morgan fingerprint density at radius 2 is 2.27 bits per heavy atom. The molecule has 3 nitrogen and oxygen atoms in total. The molecule has 0 aliphatic rings. The Labute approximate surface area is 68.6 Å². The lowest BCUT2D eigenvalue weighted by molar-refractivity contribution is -0.105. The maximum absolute atomic E-state index is 9.94. The lowest BCUT2D eigenvalue weighted by Gasteiger charge is -1.99. The zero-order valence-corrected chi connectivity index (χ0v) is 6.30. The summed E-state index contributed by atoms with van der Waals surface area (Å²) >= 11 is 5.51. The highest BCUT2D eigenvalue weighted by Gasteiger charge is 1.97.